The van der Waals surface area contributed by atoms with E-state index >= 15 is 0 Å². The number of aromatic nitrogens is 1. The number of nitrogens with zero attached hydrogens (tertiary/aromatic N) is 2. The maximum absolute atomic E-state index is 14.0. The molecule has 1 aliphatic rings. The highest BCUT2D eigenvalue weighted by atomic mass is 32.1. The van der Waals surface area contributed by atoms with E-state index in [-0.39, 0.29) is 23.1 Å². The molecule has 2 aromatic rings. The molecule has 30 heavy (non-hydrogen) atoms. The van der Waals surface area contributed by atoms with Crippen LogP contribution >= 0.6 is 11.5 Å². The Balaban J connectivity index is 1.54. The molecule has 1 aliphatic heterocycles. The third kappa shape index (κ3) is 5.90. The molecule has 162 valence electrons. The van der Waals surface area contributed by atoms with Crippen molar-refractivity contribution in [3.05, 3.63) is 40.7 Å². The summed E-state index contributed by atoms with van der Waals surface area (Å²) >= 11 is 0.884. The number of aryl methyl sites for hydroxylation is 1. The number of primary amides is 1. The molecule has 0 radical (unpaired) electrons. The molecule has 0 spiro atoms. The summed E-state index contributed by atoms with van der Waals surface area (Å²) in [4.78, 5) is 26.4. The zero-order valence-corrected chi connectivity index (χ0v) is 17.7. The van der Waals surface area contributed by atoms with Gasteiger partial charge >= 0.3 is 6.03 Å². The second-order valence-corrected chi connectivity index (χ2v) is 8.00. The van der Waals surface area contributed by atoms with Gasteiger partial charge in [-0.15, -0.1) is 0 Å². The standard InChI is InChI=1S/C20H26FN5O3S/c1-13-5-6-14(15(21)11-13)12-29-18-16(17(22)27)19(30-25-18)24-20(28)23-7-4-10-26-8-2-3-9-26/h5-6,11H,2-4,7-10,12H2,1H3,(H2,22,27)(H2,23,24,28). The van der Waals surface area contributed by atoms with Gasteiger partial charge in [0.15, 0.2) is 0 Å². The number of urea groups is 1. The van der Waals surface area contributed by atoms with E-state index < -0.39 is 17.8 Å². The highest BCUT2D eigenvalue weighted by Crippen LogP contribution is 2.30. The van der Waals surface area contributed by atoms with E-state index in [4.69, 9.17) is 10.5 Å². The first kappa shape index (κ1) is 22.0. The Labute approximate surface area is 178 Å². The van der Waals surface area contributed by atoms with Crippen molar-refractivity contribution >= 4 is 28.5 Å². The predicted octanol–water partition coefficient (Wildman–Crippen LogP) is 2.88. The van der Waals surface area contributed by atoms with E-state index in [0.29, 0.717) is 12.1 Å². The molecule has 1 aromatic heterocycles. The molecular formula is C20H26FN5O3S. The van der Waals surface area contributed by atoms with Crippen molar-refractivity contribution in [2.24, 2.45) is 5.73 Å². The summed E-state index contributed by atoms with van der Waals surface area (Å²) in [6, 6.07) is 4.32. The van der Waals surface area contributed by atoms with Crippen LogP contribution in [-0.2, 0) is 6.61 Å². The van der Waals surface area contributed by atoms with E-state index in [9.17, 15) is 14.0 Å². The molecule has 8 nitrogen and oxygen atoms in total. The molecule has 4 N–H and O–H groups in total. The number of hydrogen-bond acceptors (Lipinski definition) is 6. The van der Waals surface area contributed by atoms with Gasteiger partial charge in [0.25, 0.3) is 5.91 Å². The lowest BCUT2D eigenvalue weighted by molar-refractivity contribution is 0.0996. The lowest BCUT2D eigenvalue weighted by Gasteiger charge is -2.14. The van der Waals surface area contributed by atoms with Crippen molar-refractivity contribution in [1.82, 2.24) is 14.6 Å². The van der Waals surface area contributed by atoms with Gasteiger partial charge in [-0.25, -0.2) is 9.18 Å². The third-order valence-electron chi connectivity index (χ3n) is 4.84. The second kappa shape index (κ2) is 10.4. The largest absolute Gasteiger partial charge is 0.471 e. The normalized spacial score (nSPS) is 13.9. The number of nitrogens with two attached hydrogens (primary N) is 1. The van der Waals surface area contributed by atoms with Gasteiger partial charge in [-0.3, -0.25) is 10.1 Å². The Morgan fingerprint density at radius 2 is 2.10 bits per heavy atom. The van der Waals surface area contributed by atoms with E-state index in [1.54, 1.807) is 19.1 Å². The van der Waals surface area contributed by atoms with Crippen molar-refractivity contribution in [1.29, 1.82) is 0 Å². The number of ether oxygens (including phenoxy) is 1. The monoisotopic (exact) mass is 435 g/mol. The number of anilines is 1. The fourth-order valence-electron chi connectivity index (χ4n) is 3.25. The molecule has 3 amide bonds. The van der Waals surface area contributed by atoms with E-state index in [0.717, 1.165) is 43.2 Å². The van der Waals surface area contributed by atoms with Gasteiger partial charge in [0.2, 0.25) is 5.88 Å². The summed E-state index contributed by atoms with van der Waals surface area (Å²) in [5.74, 6) is -1.22. The number of nitrogens with one attached hydrogen (secondary N) is 2. The first-order valence-electron chi connectivity index (χ1n) is 9.88. The molecule has 1 fully saturated rings. The number of halogens is 1. The molecule has 0 atom stereocenters. The van der Waals surface area contributed by atoms with Gasteiger partial charge in [0, 0.05) is 12.1 Å². The first-order valence-corrected chi connectivity index (χ1v) is 10.7. The fraction of sp³-hybridized carbons (Fsp3) is 0.450. The maximum atomic E-state index is 14.0. The van der Waals surface area contributed by atoms with Crippen molar-refractivity contribution < 1.29 is 18.7 Å². The van der Waals surface area contributed by atoms with Crippen molar-refractivity contribution in [2.75, 3.05) is 31.5 Å². The van der Waals surface area contributed by atoms with Crippen molar-refractivity contribution in [3.8, 4) is 5.88 Å². The Kier molecular flexibility index (Phi) is 7.58. The number of hydrogen-bond donors (Lipinski definition) is 3. The van der Waals surface area contributed by atoms with E-state index in [2.05, 4.69) is 19.9 Å². The quantitative estimate of drug-likeness (QED) is 0.525. The van der Waals surface area contributed by atoms with Crippen LogP contribution in [0, 0.1) is 12.7 Å². The number of amides is 3. The van der Waals surface area contributed by atoms with Gasteiger partial charge in [-0.1, -0.05) is 12.1 Å². The molecule has 2 heterocycles. The molecule has 0 saturated carbocycles. The fourth-order valence-corrected chi connectivity index (χ4v) is 3.99. The van der Waals surface area contributed by atoms with Crippen LogP contribution in [0.3, 0.4) is 0 Å². The van der Waals surface area contributed by atoms with Crippen LogP contribution in [-0.4, -0.2) is 47.4 Å². The topological polar surface area (TPSA) is 110 Å². The zero-order valence-electron chi connectivity index (χ0n) is 16.9. The SMILES string of the molecule is Cc1ccc(COc2nsc(NC(=O)NCCCN3CCCC3)c2C(N)=O)c(F)c1. The summed E-state index contributed by atoms with van der Waals surface area (Å²) in [5, 5.41) is 5.55. The molecule has 1 saturated heterocycles. The molecule has 3 rings (SSSR count). The Morgan fingerprint density at radius 1 is 1.33 bits per heavy atom. The van der Waals surface area contributed by atoms with Crippen molar-refractivity contribution in [2.45, 2.75) is 32.8 Å². The average molecular weight is 436 g/mol. The highest BCUT2D eigenvalue weighted by molar-refractivity contribution is 7.11. The van der Waals surface area contributed by atoms with Gasteiger partial charge < -0.3 is 20.7 Å². The predicted molar refractivity (Wildman–Crippen MR) is 113 cm³/mol. The average Bonchev–Trinajstić information content (AvgIpc) is 3.34. The Hall–Kier alpha value is -2.72. The molecular weight excluding hydrogens is 409 g/mol. The summed E-state index contributed by atoms with van der Waals surface area (Å²) < 4.78 is 23.5. The van der Waals surface area contributed by atoms with Crippen LogP contribution in [0.15, 0.2) is 18.2 Å². The van der Waals surface area contributed by atoms with E-state index in [1.807, 2.05) is 0 Å². The number of rotatable bonds is 9. The number of likely N-dealkylation sites (tertiary alicyclic amines) is 1. The molecule has 10 heteroatoms. The van der Waals surface area contributed by atoms with Crippen LogP contribution in [0.25, 0.3) is 0 Å². The number of benzene rings is 1. The Bertz CT molecular complexity index is 899. The summed E-state index contributed by atoms with van der Waals surface area (Å²) in [7, 11) is 0. The minimum absolute atomic E-state index is 0.0280. The van der Waals surface area contributed by atoms with Gasteiger partial charge in [-0.2, -0.15) is 4.37 Å². The smallest absolute Gasteiger partial charge is 0.319 e. The molecule has 0 bridgehead atoms. The minimum atomic E-state index is -0.785. The zero-order chi connectivity index (χ0) is 21.5. The molecule has 1 aromatic carbocycles. The minimum Gasteiger partial charge on any atom is -0.471 e. The summed E-state index contributed by atoms with van der Waals surface area (Å²) in [5.41, 5.74) is 6.53. The van der Waals surface area contributed by atoms with Crippen LogP contribution in [0.5, 0.6) is 5.88 Å². The summed E-state index contributed by atoms with van der Waals surface area (Å²) in [6.45, 7) is 5.37. The first-order chi connectivity index (χ1) is 14.4. The van der Waals surface area contributed by atoms with Crippen molar-refractivity contribution in [3.63, 3.8) is 0 Å². The maximum Gasteiger partial charge on any atom is 0.319 e. The second-order valence-electron chi connectivity index (χ2n) is 7.22. The van der Waals surface area contributed by atoms with Gasteiger partial charge in [-0.05, 0) is 69.0 Å². The number of carbonyl (C=O) groups excluding carboxylic acids is 2. The van der Waals surface area contributed by atoms with Crippen LogP contribution in [0.1, 0.15) is 40.7 Å². The molecule has 0 unspecified atom stereocenters. The van der Waals surface area contributed by atoms with E-state index in [1.165, 1.54) is 18.9 Å². The summed E-state index contributed by atoms with van der Waals surface area (Å²) in [6.07, 6.45) is 3.31. The van der Waals surface area contributed by atoms with Crippen LogP contribution in [0.4, 0.5) is 14.2 Å². The third-order valence-corrected chi connectivity index (χ3v) is 5.59. The molecule has 0 aliphatic carbocycles. The Morgan fingerprint density at radius 3 is 2.80 bits per heavy atom. The van der Waals surface area contributed by atoms with Crippen LogP contribution in [0.2, 0.25) is 0 Å². The van der Waals surface area contributed by atoms with Gasteiger partial charge in [0.1, 0.15) is 23.0 Å². The number of carbonyl (C=O) groups is 2. The van der Waals surface area contributed by atoms with Crippen LogP contribution < -0.4 is 21.1 Å². The highest BCUT2D eigenvalue weighted by Gasteiger charge is 2.22. The lowest BCUT2D eigenvalue weighted by Crippen LogP contribution is -2.32. The van der Waals surface area contributed by atoms with Gasteiger partial charge in [0.05, 0.1) is 0 Å². The lowest BCUT2D eigenvalue weighted by atomic mass is 10.1.